The molecule has 0 spiro atoms. The van der Waals surface area contributed by atoms with Crippen molar-refractivity contribution in [3.05, 3.63) is 50.6 Å². The summed E-state index contributed by atoms with van der Waals surface area (Å²) in [5.41, 5.74) is 8.38. The molecular weight excluding hydrogens is 208 g/mol. The minimum absolute atomic E-state index is 0.00657. The molecule has 0 radical (unpaired) electrons. The highest BCUT2D eigenvalue weighted by Gasteiger charge is 2.01. The van der Waals surface area contributed by atoms with Crippen LogP contribution in [0, 0.1) is 6.92 Å². The predicted molar refractivity (Wildman–Crippen MR) is 63.3 cm³/mol. The zero-order valence-electron chi connectivity index (χ0n) is 8.43. The van der Waals surface area contributed by atoms with Crippen LogP contribution in [-0.4, -0.2) is 4.57 Å². The number of nitrogen functional groups attached to an aromatic ring is 1. The highest BCUT2D eigenvalue weighted by molar-refractivity contribution is 7.07. The van der Waals surface area contributed by atoms with Gasteiger partial charge in [-0.25, -0.2) is 0 Å². The number of hydrogen-bond acceptors (Lipinski definition) is 3. The van der Waals surface area contributed by atoms with Gasteiger partial charge in [0, 0.05) is 12.3 Å². The van der Waals surface area contributed by atoms with E-state index in [1.807, 2.05) is 23.8 Å². The highest BCUT2D eigenvalue weighted by Crippen LogP contribution is 2.10. The summed E-state index contributed by atoms with van der Waals surface area (Å²) in [6.45, 7) is 2.43. The van der Waals surface area contributed by atoms with Crippen LogP contribution in [0.25, 0.3) is 0 Å². The molecule has 0 saturated carbocycles. The SMILES string of the molecule is Cc1cc(=O)n(Cc2ccsc2)cc1N. The number of pyridine rings is 1. The Labute approximate surface area is 91.8 Å². The fraction of sp³-hybridized carbons (Fsp3) is 0.182. The van der Waals surface area contributed by atoms with Crippen molar-refractivity contribution in [3.8, 4) is 0 Å². The van der Waals surface area contributed by atoms with Gasteiger partial charge in [-0.3, -0.25) is 4.79 Å². The van der Waals surface area contributed by atoms with Crippen molar-refractivity contribution in [2.75, 3.05) is 5.73 Å². The van der Waals surface area contributed by atoms with Crippen LogP contribution < -0.4 is 11.3 Å². The first-order chi connectivity index (χ1) is 7.16. The van der Waals surface area contributed by atoms with E-state index < -0.39 is 0 Å². The molecule has 4 heteroatoms. The summed E-state index contributed by atoms with van der Waals surface area (Å²) in [6, 6.07) is 3.58. The van der Waals surface area contributed by atoms with E-state index >= 15 is 0 Å². The minimum atomic E-state index is -0.00657. The lowest BCUT2D eigenvalue weighted by Gasteiger charge is -2.06. The topological polar surface area (TPSA) is 48.0 Å². The van der Waals surface area contributed by atoms with Gasteiger partial charge in [0.2, 0.25) is 0 Å². The van der Waals surface area contributed by atoms with Crippen LogP contribution in [0.3, 0.4) is 0 Å². The second kappa shape index (κ2) is 3.90. The maximum absolute atomic E-state index is 11.6. The maximum atomic E-state index is 11.6. The van der Waals surface area contributed by atoms with Crippen LogP contribution in [0.1, 0.15) is 11.1 Å². The van der Waals surface area contributed by atoms with Crippen LogP contribution in [-0.2, 0) is 6.54 Å². The smallest absolute Gasteiger partial charge is 0.251 e. The summed E-state index contributed by atoms with van der Waals surface area (Å²) in [7, 11) is 0. The van der Waals surface area contributed by atoms with E-state index in [1.165, 1.54) is 0 Å². The van der Waals surface area contributed by atoms with Crippen molar-refractivity contribution in [2.45, 2.75) is 13.5 Å². The first kappa shape index (κ1) is 9.98. The molecule has 15 heavy (non-hydrogen) atoms. The first-order valence-electron chi connectivity index (χ1n) is 4.64. The van der Waals surface area contributed by atoms with Crippen LogP contribution in [0.15, 0.2) is 33.9 Å². The Bertz CT molecular complexity index is 514. The molecule has 0 fully saturated rings. The summed E-state index contributed by atoms with van der Waals surface area (Å²) in [5, 5.41) is 4.03. The summed E-state index contributed by atoms with van der Waals surface area (Å²) in [5.74, 6) is 0. The van der Waals surface area contributed by atoms with Gasteiger partial charge in [-0.2, -0.15) is 11.3 Å². The molecule has 0 atom stereocenters. The monoisotopic (exact) mass is 220 g/mol. The summed E-state index contributed by atoms with van der Waals surface area (Å²) in [4.78, 5) is 11.6. The van der Waals surface area contributed by atoms with Crippen molar-refractivity contribution in [1.82, 2.24) is 4.57 Å². The molecule has 2 N–H and O–H groups in total. The van der Waals surface area contributed by atoms with Gasteiger partial charge in [0.15, 0.2) is 0 Å². The molecule has 0 aliphatic carbocycles. The third-order valence-corrected chi connectivity index (χ3v) is 3.04. The number of nitrogens with zero attached hydrogens (tertiary/aromatic N) is 1. The van der Waals surface area contributed by atoms with Crippen molar-refractivity contribution >= 4 is 17.0 Å². The number of nitrogens with two attached hydrogens (primary N) is 1. The second-order valence-electron chi connectivity index (χ2n) is 3.51. The molecule has 2 heterocycles. The van der Waals surface area contributed by atoms with Crippen LogP contribution in [0.5, 0.6) is 0 Å². The van der Waals surface area contributed by atoms with Gasteiger partial charge in [-0.05, 0) is 34.9 Å². The number of rotatable bonds is 2. The molecule has 0 amide bonds. The molecular formula is C11H12N2OS. The zero-order chi connectivity index (χ0) is 10.8. The third-order valence-electron chi connectivity index (χ3n) is 2.31. The van der Waals surface area contributed by atoms with Gasteiger partial charge in [0.1, 0.15) is 0 Å². The third kappa shape index (κ3) is 2.10. The number of anilines is 1. The molecule has 2 aromatic heterocycles. The minimum Gasteiger partial charge on any atom is -0.397 e. The van der Waals surface area contributed by atoms with E-state index in [0.29, 0.717) is 12.2 Å². The fourth-order valence-corrected chi connectivity index (χ4v) is 2.05. The summed E-state index contributed by atoms with van der Waals surface area (Å²) < 4.78 is 1.63. The number of thiophene rings is 1. The van der Waals surface area contributed by atoms with Crippen molar-refractivity contribution in [2.24, 2.45) is 0 Å². The molecule has 0 unspecified atom stereocenters. The Hall–Kier alpha value is -1.55. The average molecular weight is 220 g/mol. The Kier molecular flexibility index (Phi) is 2.60. The molecule has 0 saturated heterocycles. The van der Waals surface area contributed by atoms with E-state index in [1.54, 1.807) is 28.2 Å². The predicted octanol–water partition coefficient (Wildman–Crippen LogP) is 1.85. The van der Waals surface area contributed by atoms with Crippen LogP contribution in [0.4, 0.5) is 5.69 Å². The van der Waals surface area contributed by atoms with E-state index in [4.69, 9.17) is 5.73 Å². The summed E-state index contributed by atoms with van der Waals surface area (Å²) in [6.07, 6.45) is 1.70. The second-order valence-corrected chi connectivity index (χ2v) is 4.29. The lowest BCUT2D eigenvalue weighted by atomic mass is 10.2. The lowest BCUT2D eigenvalue weighted by Crippen LogP contribution is -2.20. The maximum Gasteiger partial charge on any atom is 0.251 e. The van der Waals surface area contributed by atoms with Crippen LogP contribution >= 0.6 is 11.3 Å². The first-order valence-corrected chi connectivity index (χ1v) is 5.59. The van der Waals surface area contributed by atoms with E-state index in [-0.39, 0.29) is 5.56 Å². The van der Waals surface area contributed by atoms with E-state index in [9.17, 15) is 4.79 Å². The number of hydrogen-bond donors (Lipinski definition) is 1. The van der Waals surface area contributed by atoms with E-state index in [2.05, 4.69) is 0 Å². The van der Waals surface area contributed by atoms with Gasteiger partial charge < -0.3 is 10.3 Å². The van der Waals surface area contributed by atoms with Crippen molar-refractivity contribution < 1.29 is 0 Å². The molecule has 78 valence electrons. The van der Waals surface area contributed by atoms with Gasteiger partial charge in [-0.1, -0.05) is 0 Å². The summed E-state index contributed by atoms with van der Waals surface area (Å²) >= 11 is 1.63. The highest BCUT2D eigenvalue weighted by atomic mass is 32.1. The Morgan fingerprint density at radius 2 is 2.33 bits per heavy atom. The lowest BCUT2D eigenvalue weighted by molar-refractivity contribution is 0.762. The van der Waals surface area contributed by atoms with Gasteiger partial charge >= 0.3 is 0 Å². The van der Waals surface area contributed by atoms with Crippen molar-refractivity contribution in [1.29, 1.82) is 0 Å². The van der Waals surface area contributed by atoms with E-state index in [0.717, 1.165) is 11.1 Å². The quantitative estimate of drug-likeness (QED) is 0.839. The Balaban J connectivity index is 2.37. The zero-order valence-corrected chi connectivity index (χ0v) is 9.25. The number of aryl methyl sites for hydroxylation is 1. The molecule has 0 aliphatic heterocycles. The molecule has 2 rings (SSSR count). The fourth-order valence-electron chi connectivity index (χ4n) is 1.39. The van der Waals surface area contributed by atoms with Gasteiger partial charge in [0.25, 0.3) is 5.56 Å². The standard InChI is InChI=1S/C11H12N2OS/c1-8-4-11(14)13(6-10(8)12)5-9-2-3-15-7-9/h2-4,6-7H,5,12H2,1H3. The normalized spacial score (nSPS) is 10.5. The number of aromatic nitrogens is 1. The molecule has 0 aliphatic rings. The molecule has 3 nitrogen and oxygen atoms in total. The van der Waals surface area contributed by atoms with Gasteiger partial charge in [0.05, 0.1) is 12.2 Å². The van der Waals surface area contributed by atoms with Gasteiger partial charge in [-0.15, -0.1) is 0 Å². The molecule has 2 aromatic rings. The largest absolute Gasteiger partial charge is 0.397 e. The van der Waals surface area contributed by atoms with Crippen molar-refractivity contribution in [3.63, 3.8) is 0 Å². The molecule has 0 aromatic carbocycles. The average Bonchev–Trinajstić information content (AvgIpc) is 2.67. The Morgan fingerprint density at radius 1 is 1.53 bits per heavy atom. The Morgan fingerprint density at radius 3 is 3.00 bits per heavy atom. The van der Waals surface area contributed by atoms with Crippen LogP contribution in [0.2, 0.25) is 0 Å². The molecule has 0 bridgehead atoms.